The summed E-state index contributed by atoms with van der Waals surface area (Å²) in [5.74, 6) is 1.10. The zero-order chi connectivity index (χ0) is 20.8. The van der Waals surface area contributed by atoms with Gasteiger partial charge in [0.05, 0.1) is 25.3 Å². The van der Waals surface area contributed by atoms with E-state index < -0.39 is 0 Å². The Morgan fingerprint density at radius 3 is 2.28 bits per heavy atom. The van der Waals surface area contributed by atoms with Crippen LogP contribution < -0.4 is 20.5 Å². The van der Waals surface area contributed by atoms with E-state index >= 15 is 0 Å². The number of ether oxygens (including phenoxy) is 2. The quantitative estimate of drug-likeness (QED) is 0.602. The molecule has 0 radical (unpaired) electrons. The molecule has 0 unspecified atom stereocenters. The Morgan fingerprint density at radius 1 is 0.966 bits per heavy atom. The number of benzene rings is 2. The first kappa shape index (κ1) is 20.5. The summed E-state index contributed by atoms with van der Waals surface area (Å²) in [6, 6.07) is 13.2. The van der Waals surface area contributed by atoms with Crippen molar-refractivity contribution in [2.45, 2.75) is 39.4 Å². The van der Waals surface area contributed by atoms with Crippen molar-refractivity contribution in [1.29, 1.82) is 0 Å². The van der Waals surface area contributed by atoms with Crippen molar-refractivity contribution >= 4 is 16.9 Å². The molecule has 0 aliphatic heterocycles. The van der Waals surface area contributed by atoms with Crippen molar-refractivity contribution in [3.63, 3.8) is 0 Å². The molecule has 0 aliphatic carbocycles. The molecule has 7 nitrogen and oxygen atoms in total. The molecular weight excluding hydrogens is 370 g/mol. The molecule has 0 aliphatic rings. The zero-order valence-corrected chi connectivity index (χ0v) is 17.1. The molecule has 0 saturated heterocycles. The summed E-state index contributed by atoms with van der Waals surface area (Å²) in [5.41, 5.74) is 2.52. The lowest BCUT2D eigenvalue weighted by Crippen LogP contribution is -2.28. The van der Waals surface area contributed by atoms with Crippen LogP contribution in [-0.4, -0.2) is 29.3 Å². The maximum atomic E-state index is 12.8. The summed E-state index contributed by atoms with van der Waals surface area (Å²) >= 11 is 0. The van der Waals surface area contributed by atoms with Crippen LogP contribution in [0.2, 0.25) is 0 Å². The molecule has 2 aromatic carbocycles. The number of aryl methyl sites for hydroxylation is 2. The minimum absolute atomic E-state index is 0.0738. The highest BCUT2D eigenvalue weighted by Crippen LogP contribution is 2.30. The third kappa shape index (κ3) is 4.29. The molecule has 0 atom stereocenters. The average Bonchev–Trinajstić information content (AvgIpc) is 3.01. The number of fused-ring (bicyclic) bond motifs is 1. The maximum absolute atomic E-state index is 12.8. The molecule has 1 N–H and O–H groups in total. The zero-order valence-electron chi connectivity index (χ0n) is 17.1. The smallest absolute Gasteiger partial charge is 0.329 e. The predicted octanol–water partition coefficient (Wildman–Crippen LogP) is 2.94. The molecule has 1 aromatic heterocycles. The van der Waals surface area contributed by atoms with E-state index in [2.05, 4.69) is 5.32 Å². The molecular formula is C22H27N3O4. The lowest BCUT2D eigenvalue weighted by Gasteiger charge is -2.13. The minimum atomic E-state index is -0.130. The topological polar surface area (TPSA) is 74.5 Å². The number of amides is 1. The summed E-state index contributed by atoms with van der Waals surface area (Å²) in [6.07, 6.45) is 1.09. The first-order chi connectivity index (χ1) is 14.1. The Balaban J connectivity index is 1.69. The Kier molecular flexibility index (Phi) is 6.59. The Labute approximate surface area is 169 Å². The number of carbonyl (C=O) groups is 1. The largest absolute Gasteiger partial charge is 0.493 e. The van der Waals surface area contributed by atoms with E-state index in [4.69, 9.17) is 9.47 Å². The van der Waals surface area contributed by atoms with Crippen LogP contribution in [0, 0.1) is 0 Å². The molecule has 29 heavy (non-hydrogen) atoms. The number of imidazole rings is 1. The number of rotatable bonds is 9. The van der Waals surface area contributed by atoms with Crippen LogP contribution >= 0.6 is 0 Å². The van der Waals surface area contributed by atoms with Gasteiger partial charge in [-0.05, 0) is 24.6 Å². The number of nitrogens with one attached hydrogen (secondary N) is 1. The van der Waals surface area contributed by atoms with E-state index in [-0.39, 0.29) is 18.0 Å². The van der Waals surface area contributed by atoms with Crippen molar-refractivity contribution in [3.05, 3.63) is 58.5 Å². The van der Waals surface area contributed by atoms with E-state index in [9.17, 15) is 9.59 Å². The van der Waals surface area contributed by atoms with Gasteiger partial charge in [0.1, 0.15) is 0 Å². The summed E-state index contributed by atoms with van der Waals surface area (Å²) in [5, 5.41) is 2.90. The Hall–Kier alpha value is -3.22. The second kappa shape index (κ2) is 9.32. The van der Waals surface area contributed by atoms with Gasteiger partial charge in [-0.25, -0.2) is 4.79 Å². The van der Waals surface area contributed by atoms with Gasteiger partial charge in [-0.15, -0.1) is 0 Å². The molecule has 0 fully saturated rings. The molecule has 1 amide bonds. The molecule has 0 saturated carbocycles. The first-order valence-electron chi connectivity index (χ1n) is 9.75. The number of hydrogen-bond acceptors (Lipinski definition) is 4. The molecule has 1 heterocycles. The second-order valence-corrected chi connectivity index (χ2v) is 6.75. The summed E-state index contributed by atoms with van der Waals surface area (Å²) in [6.45, 7) is 3.36. The van der Waals surface area contributed by atoms with Gasteiger partial charge in [-0.1, -0.05) is 31.2 Å². The fourth-order valence-corrected chi connectivity index (χ4v) is 3.52. The van der Waals surface area contributed by atoms with Gasteiger partial charge in [0.15, 0.2) is 11.5 Å². The van der Waals surface area contributed by atoms with Crippen LogP contribution in [0.5, 0.6) is 11.5 Å². The standard InChI is InChI=1S/C22H27N3O4/c1-4-13-24-17-9-5-6-10-18(17)25(22(24)27)14-12-20(26)23-15-16-8-7-11-19(28-2)21(16)29-3/h5-11H,4,12-15H2,1-3H3,(H,23,26). The second-order valence-electron chi connectivity index (χ2n) is 6.75. The SMILES string of the molecule is CCCn1c(=O)n(CCC(=O)NCc2cccc(OC)c2OC)c2ccccc21. The monoisotopic (exact) mass is 397 g/mol. The van der Waals surface area contributed by atoms with E-state index in [0.29, 0.717) is 31.1 Å². The van der Waals surface area contributed by atoms with Gasteiger partial charge in [-0.3, -0.25) is 13.9 Å². The highest BCUT2D eigenvalue weighted by molar-refractivity contribution is 5.78. The fourth-order valence-electron chi connectivity index (χ4n) is 3.52. The normalized spacial score (nSPS) is 10.9. The third-order valence-corrected chi connectivity index (χ3v) is 4.90. The molecule has 154 valence electrons. The number of carbonyl (C=O) groups excluding carboxylic acids is 1. The Bertz CT molecular complexity index is 1050. The van der Waals surface area contributed by atoms with Crippen molar-refractivity contribution in [2.24, 2.45) is 0 Å². The summed E-state index contributed by atoms with van der Waals surface area (Å²) < 4.78 is 14.1. The van der Waals surface area contributed by atoms with Crippen LogP contribution in [0.1, 0.15) is 25.3 Å². The van der Waals surface area contributed by atoms with E-state index in [1.54, 1.807) is 23.4 Å². The van der Waals surface area contributed by atoms with Gasteiger partial charge in [0, 0.05) is 31.6 Å². The van der Waals surface area contributed by atoms with E-state index in [0.717, 1.165) is 23.0 Å². The van der Waals surface area contributed by atoms with Crippen LogP contribution in [0.15, 0.2) is 47.3 Å². The highest BCUT2D eigenvalue weighted by atomic mass is 16.5. The number of hydrogen-bond donors (Lipinski definition) is 1. The highest BCUT2D eigenvalue weighted by Gasteiger charge is 2.14. The average molecular weight is 397 g/mol. The fraction of sp³-hybridized carbons (Fsp3) is 0.364. The predicted molar refractivity (Wildman–Crippen MR) is 112 cm³/mol. The van der Waals surface area contributed by atoms with Gasteiger partial charge < -0.3 is 14.8 Å². The van der Waals surface area contributed by atoms with Crippen LogP contribution in [0.3, 0.4) is 0 Å². The van der Waals surface area contributed by atoms with Gasteiger partial charge in [0.25, 0.3) is 0 Å². The number of methoxy groups -OCH3 is 2. The summed E-state index contributed by atoms with van der Waals surface area (Å²) in [7, 11) is 3.15. The molecule has 0 spiro atoms. The van der Waals surface area contributed by atoms with Gasteiger partial charge in [0.2, 0.25) is 5.91 Å². The van der Waals surface area contributed by atoms with Crippen molar-refractivity contribution < 1.29 is 14.3 Å². The van der Waals surface area contributed by atoms with E-state index in [1.165, 1.54) is 0 Å². The van der Waals surface area contributed by atoms with Crippen LogP contribution in [0.25, 0.3) is 11.0 Å². The van der Waals surface area contributed by atoms with Crippen molar-refractivity contribution in [1.82, 2.24) is 14.5 Å². The lowest BCUT2D eigenvalue weighted by atomic mass is 10.2. The molecule has 7 heteroatoms. The number of nitrogens with zero attached hydrogens (tertiary/aromatic N) is 2. The molecule has 0 bridgehead atoms. The van der Waals surface area contributed by atoms with Crippen molar-refractivity contribution in [2.75, 3.05) is 14.2 Å². The van der Waals surface area contributed by atoms with E-state index in [1.807, 2.05) is 49.4 Å². The number of aromatic nitrogens is 2. The van der Waals surface area contributed by atoms with Gasteiger partial charge in [-0.2, -0.15) is 0 Å². The molecule has 3 rings (SSSR count). The third-order valence-electron chi connectivity index (χ3n) is 4.90. The van der Waals surface area contributed by atoms with Crippen molar-refractivity contribution in [3.8, 4) is 11.5 Å². The minimum Gasteiger partial charge on any atom is -0.493 e. The lowest BCUT2D eigenvalue weighted by molar-refractivity contribution is -0.121. The molecule has 3 aromatic rings. The maximum Gasteiger partial charge on any atom is 0.329 e. The van der Waals surface area contributed by atoms with Crippen LogP contribution in [0.4, 0.5) is 0 Å². The summed E-state index contributed by atoms with van der Waals surface area (Å²) in [4.78, 5) is 25.2. The number of para-hydroxylation sites is 3. The Morgan fingerprint density at radius 2 is 1.66 bits per heavy atom. The van der Waals surface area contributed by atoms with Gasteiger partial charge >= 0.3 is 5.69 Å². The first-order valence-corrected chi connectivity index (χ1v) is 9.75. The van der Waals surface area contributed by atoms with Crippen LogP contribution in [-0.2, 0) is 24.4 Å².